The molecule has 1 aromatic rings. The van der Waals surface area contributed by atoms with Gasteiger partial charge in [0.15, 0.2) is 6.10 Å². The van der Waals surface area contributed by atoms with Gasteiger partial charge >= 0.3 is 0 Å². The number of hydrogen-bond acceptors (Lipinski definition) is 4. The van der Waals surface area contributed by atoms with E-state index >= 15 is 0 Å². The van der Waals surface area contributed by atoms with Gasteiger partial charge in [0.05, 0.1) is 0 Å². The second-order valence-corrected chi connectivity index (χ2v) is 3.35. The van der Waals surface area contributed by atoms with E-state index in [4.69, 9.17) is 10.5 Å². The summed E-state index contributed by atoms with van der Waals surface area (Å²) in [4.78, 5) is 15.8. The summed E-state index contributed by atoms with van der Waals surface area (Å²) >= 11 is 0. The van der Waals surface area contributed by atoms with Crippen LogP contribution in [0.1, 0.15) is 11.7 Å². The molecule has 5 heteroatoms. The minimum absolute atomic E-state index is 0.192. The molecule has 0 saturated heterocycles. The molecule has 5 nitrogen and oxygen atoms in total. The summed E-state index contributed by atoms with van der Waals surface area (Å²) in [5, 5.41) is 2.73. The Morgan fingerprint density at radius 1 is 1.65 bits per heavy atom. The van der Waals surface area contributed by atoms with Crippen molar-refractivity contribution >= 4 is 5.91 Å². The van der Waals surface area contributed by atoms with E-state index in [2.05, 4.69) is 10.3 Å². The van der Waals surface area contributed by atoms with Crippen molar-refractivity contribution in [2.75, 3.05) is 20.2 Å². The molecule has 1 rings (SSSR count). The van der Waals surface area contributed by atoms with Crippen LogP contribution in [0.5, 0.6) is 0 Å². The fourth-order valence-electron chi connectivity index (χ4n) is 1.36. The smallest absolute Gasteiger partial charge is 0.254 e. The maximum absolute atomic E-state index is 11.8. The van der Waals surface area contributed by atoms with Gasteiger partial charge in [-0.3, -0.25) is 9.78 Å². The number of ether oxygens (including phenoxy) is 1. The Morgan fingerprint density at radius 2 is 2.47 bits per heavy atom. The number of amides is 1. The third-order valence-electron chi connectivity index (χ3n) is 2.16. The lowest BCUT2D eigenvalue weighted by Crippen LogP contribution is -2.30. The van der Waals surface area contributed by atoms with Crippen LogP contribution in [0.2, 0.25) is 0 Å². The topological polar surface area (TPSA) is 77.2 Å². The standard InChI is InChI=1S/C12H17N3O2/c1-17-11(10-5-4-7-14-9-10)12(16)15-8-3-2-6-13/h2-5,7,9,11H,6,8,13H2,1H3,(H,15,16)/b3-2+/t11-/m1/s1. The summed E-state index contributed by atoms with van der Waals surface area (Å²) in [7, 11) is 1.49. The molecular formula is C12H17N3O2. The number of nitrogens with two attached hydrogens (primary N) is 1. The van der Waals surface area contributed by atoms with Gasteiger partial charge in [-0.25, -0.2) is 0 Å². The first kappa shape index (κ1) is 13.3. The Bertz CT molecular complexity index is 365. The van der Waals surface area contributed by atoms with E-state index in [0.717, 1.165) is 5.56 Å². The third-order valence-corrected chi connectivity index (χ3v) is 2.16. The predicted octanol–water partition coefficient (Wildman–Crippen LogP) is 0.400. The Hall–Kier alpha value is -1.72. The van der Waals surface area contributed by atoms with Crippen molar-refractivity contribution in [3.8, 4) is 0 Å². The molecule has 0 spiro atoms. The number of carbonyl (C=O) groups excluding carboxylic acids is 1. The molecule has 0 saturated carbocycles. The summed E-state index contributed by atoms with van der Waals surface area (Å²) in [6.07, 6.45) is 6.22. The van der Waals surface area contributed by atoms with Gasteiger partial charge in [-0.2, -0.15) is 0 Å². The quantitative estimate of drug-likeness (QED) is 0.700. The van der Waals surface area contributed by atoms with Crippen LogP contribution < -0.4 is 11.1 Å². The number of hydrogen-bond donors (Lipinski definition) is 2. The second-order valence-electron chi connectivity index (χ2n) is 3.35. The molecule has 1 amide bonds. The molecule has 0 aromatic carbocycles. The molecule has 1 atom stereocenters. The van der Waals surface area contributed by atoms with Gasteiger partial charge in [0, 0.05) is 38.2 Å². The lowest BCUT2D eigenvalue weighted by atomic mass is 10.1. The normalized spacial score (nSPS) is 12.6. The highest BCUT2D eigenvalue weighted by Gasteiger charge is 2.18. The molecule has 0 bridgehead atoms. The molecule has 0 unspecified atom stereocenters. The van der Waals surface area contributed by atoms with E-state index in [9.17, 15) is 4.79 Å². The minimum Gasteiger partial charge on any atom is -0.367 e. The van der Waals surface area contributed by atoms with Gasteiger partial charge in [-0.05, 0) is 6.07 Å². The second kappa shape index (κ2) is 7.54. The number of methoxy groups -OCH3 is 1. The molecule has 0 aliphatic rings. The Balaban J connectivity index is 2.56. The van der Waals surface area contributed by atoms with Crippen molar-refractivity contribution < 1.29 is 9.53 Å². The molecule has 92 valence electrons. The van der Waals surface area contributed by atoms with Crippen molar-refractivity contribution in [2.24, 2.45) is 5.73 Å². The molecule has 3 N–H and O–H groups in total. The first-order valence-corrected chi connectivity index (χ1v) is 5.35. The maximum Gasteiger partial charge on any atom is 0.254 e. The van der Waals surface area contributed by atoms with Crippen LogP contribution >= 0.6 is 0 Å². The van der Waals surface area contributed by atoms with Crippen LogP contribution in [-0.2, 0) is 9.53 Å². The van der Waals surface area contributed by atoms with E-state index < -0.39 is 6.10 Å². The largest absolute Gasteiger partial charge is 0.367 e. The molecule has 1 heterocycles. The number of rotatable bonds is 6. The first-order valence-electron chi connectivity index (χ1n) is 5.35. The van der Waals surface area contributed by atoms with Crippen LogP contribution in [0.25, 0.3) is 0 Å². The summed E-state index contributed by atoms with van der Waals surface area (Å²) in [5.41, 5.74) is 6.02. The zero-order chi connectivity index (χ0) is 12.5. The van der Waals surface area contributed by atoms with Crippen molar-refractivity contribution in [1.29, 1.82) is 0 Å². The Morgan fingerprint density at radius 3 is 3.06 bits per heavy atom. The van der Waals surface area contributed by atoms with E-state index in [0.29, 0.717) is 13.1 Å². The van der Waals surface area contributed by atoms with Crippen molar-refractivity contribution in [3.63, 3.8) is 0 Å². The van der Waals surface area contributed by atoms with Gasteiger partial charge in [0.25, 0.3) is 5.91 Å². The summed E-state index contributed by atoms with van der Waals surface area (Å²) in [5.74, 6) is -0.192. The average Bonchev–Trinajstić information content (AvgIpc) is 2.37. The summed E-state index contributed by atoms with van der Waals surface area (Å²) in [6.45, 7) is 0.905. The lowest BCUT2D eigenvalue weighted by Gasteiger charge is -2.14. The lowest BCUT2D eigenvalue weighted by molar-refractivity contribution is -0.131. The molecule has 1 aromatic heterocycles. The fourth-order valence-corrected chi connectivity index (χ4v) is 1.36. The molecular weight excluding hydrogens is 218 g/mol. The monoisotopic (exact) mass is 235 g/mol. The first-order chi connectivity index (χ1) is 8.29. The summed E-state index contributed by atoms with van der Waals surface area (Å²) in [6, 6.07) is 3.57. The number of aromatic nitrogens is 1. The summed E-state index contributed by atoms with van der Waals surface area (Å²) < 4.78 is 5.15. The Labute approximate surface area is 101 Å². The van der Waals surface area contributed by atoms with Crippen molar-refractivity contribution in [2.45, 2.75) is 6.10 Å². The highest BCUT2D eigenvalue weighted by Crippen LogP contribution is 2.14. The zero-order valence-electron chi connectivity index (χ0n) is 9.80. The van der Waals surface area contributed by atoms with Gasteiger partial charge in [-0.15, -0.1) is 0 Å². The Kier molecular flexibility index (Phi) is 5.92. The van der Waals surface area contributed by atoms with E-state index in [1.807, 2.05) is 0 Å². The van der Waals surface area contributed by atoms with Crippen LogP contribution in [0.4, 0.5) is 0 Å². The average molecular weight is 235 g/mol. The van der Waals surface area contributed by atoms with Gasteiger partial charge in [-0.1, -0.05) is 18.2 Å². The van der Waals surface area contributed by atoms with Crippen LogP contribution in [0.3, 0.4) is 0 Å². The number of nitrogens with zero attached hydrogens (tertiary/aromatic N) is 1. The predicted molar refractivity (Wildman–Crippen MR) is 65.2 cm³/mol. The molecule has 0 aliphatic heterocycles. The van der Waals surface area contributed by atoms with Crippen LogP contribution in [-0.4, -0.2) is 31.1 Å². The van der Waals surface area contributed by atoms with Gasteiger partial charge in [0.2, 0.25) is 0 Å². The highest BCUT2D eigenvalue weighted by atomic mass is 16.5. The highest BCUT2D eigenvalue weighted by molar-refractivity contribution is 5.82. The molecule has 17 heavy (non-hydrogen) atoms. The van der Waals surface area contributed by atoms with E-state index in [1.165, 1.54) is 7.11 Å². The van der Waals surface area contributed by atoms with E-state index in [-0.39, 0.29) is 5.91 Å². The maximum atomic E-state index is 11.8. The number of nitrogens with one attached hydrogen (secondary N) is 1. The third kappa shape index (κ3) is 4.34. The minimum atomic E-state index is -0.630. The van der Waals surface area contributed by atoms with Gasteiger partial charge in [0.1, 0.15) is 0 Å². The zero-order valence-corrected chi connectivity index (χ0v) is 9.80. The SMILES string of the molecule is CO[C@@H](C(=O)NC/C=C/CN)c1cccnc1. The van der Waals surface area contributed by atoms with Gasteiger partial charge < -0.3 is 15.8 Å². The number of carbonyl (C=O) groups is 1. The molecule has 0 fully saturated rings. The fraction of sp³-hybridized carbons (Fsp3) is 0.333. The van der Waals surface area contributed by atoms with Crippen LogP contribution in [0.15, 0.2) is 36.7 Å². The van der Waals surface area contributed by atoms with E-state index in [1.54, 1.807) is 36.7 Å². The van der Waals surface area contributed by atoms with Crippen molar-refractivity contribution in [1.82, 2.24) is 10.3 Å². The molecule has 0 aliphatic carbocycles. The van der Waals surface area contributed by atoms with Crippen molar-refractivity contribution in [3.05, 3.63) is 42.2 Å². The van der Waals surface area contributed by atoms with Crippen LogP contribution in [0, 0.1) is 0 Å². The molecule has 0 radical (unpaired) electrons. The number of pyridine rings is 1.